The molecule has 0 saturated carbocycles. The van der Waals surface area contributed by atoms with Crippen molar-refractivity contribution in [1.29, 1.82) is 0 Å². The van der Waals surface area contributed by atoms with Crippen molar-refractivity contribution >= 4 is 6.08 Å². The van der Waals surface area contributed by atoms with Crippen LogP contribution in [0.4, 0.5) is 4.39 Å². The second-order valence-corrected chi connectivity index (χ2v) is 5.86. The number of H-pyrrole nitrogens is 1. The number of benzene rings is 1. The molecule has 2 aromatic rings. The maximum absolute atomic E-state index is 12.8. The highest BCUT2D eigenvalue weighted by Crippen LogP contribution is 2.25. The van der Waals surface area contributed by atoms with Crippen molar-refractivity contribution in [3.63, 3.8) is 0 Å². The van der Waals surface area contributed by atoms with Gasteiger partial charge >= 0.3 is 0 Å². The Hall–Kier alpha value is -2.27. The number of nitrogens with zero attached hydrogens (tertiary/aromatic N) is 2. The minimum Gasteiger partial charge on any atom is -0.313 e. The topological polar surface area (TPSA) is 49.0 Å². The summed E-state index contributed by atoms with van der Waals surface area (Å²) in [7, 11) is 0. The molecule has 1 aromatic heterocycles. The molecule has 120 valence electrons. The second-order valence-electron chi connectivity index (χ2n) is 5.86. The number of nitrogens with one attached hydrogen (secondary N) is 1. The van der Waals surface area contributed by atoms with Crippen molar-refractivity contribution in [3.8, 4) is 0 Å². The molecule has 4 nitrogen and oxygen atoms in total. The zero-order chi connectivity index (χ0) is 16.1. The van der Waals surface area contributed by atoms with Crippen molar-refractivity contribution in [3.05, 3.63) is 70.2 Å². The molecular weight excluding hydrogens is 293 g/mol. The monoisotopic (exact) mass is 313 g/mol. The molecule has 5 heteroatoms. The molecule has 0 unspecified atom stereocenters. The lowest BCUT2D eigenvalue weighted by atomic mass is 9.93. The molecule has 0 spiro atoms. The molecule has 0 atom stereocenters. The third kappa shape index (κ3) is 4.36. The number of hydrogen-bond acceptors (Lipinski definition) is 3. The smallest absolute Gasteiger partial charge is 0.250 e. The number of rotatable bonds is 4. The molecule has 0 aliphatic carbocycles. The van der Waals surface area contributed by atoms with Gasteiger partial charge in [-0.05, 0) is 43.6 Å². The van der Waals surface area contributed by atoms with Crippen LogP contribution in [0.3, 0.4) is 0 Å². The lowest BCUT2D eigenvalue weighted by Gasteiger charge is -2.30. The quantitative estimate of drug-likeness (QED) is 0.944. The molecule has 1 fully saturated rings. The van der Waals surface area contributed by atoms with Crippen LogP contribution in [0.2, 0.25) is 0 Å². The van der Waals surface area contributed by atoms with Crippen LogP contribution in [0.15, 0.2) is 47.5 Å². The fourth-order valence-electron chi connectivity index (χ4n) is 2.93. The van der Waals surface area contributed by atoms with E-state index in [0.29, 0.717) is 5.92 Å². The van der Waals surface area contributed by atoms with Gasteiger partial charge in [0.15, 0.2) is 0 Å². The molecule has 23 heavy (non-hydrogen) atoms. The van der Waals surface area contributed by atoms with E-state index >= 15 is 0 Å². The van der Waals surface area contributed by atoms with E-state index in [2.05, 4.69) is 20.9 Å². The summed E-state index contributed by atoms with van der Waals surface area (Å²) in [6.45, 7) is 2.87. The fourth-order valence-corrected chi connectivity index (χ4v) is 2.93. The van der Waals surface area contributed by atoms with E-state index < -0.39 is 0 Å². The lowest BCUT2D eigenvalue weighted by molar-refractivity contribution is 0.231. The van der Waals surface area contributed by atoms with Gasteiger partial charge in [-0.2, -0.15) is 0 Å². The van der Waals surface area contributed by atoms with Gasteiger partial charge in [0, 0.05) is 18.5 Å². The molecule has 0 radical (unpaired) electrons. The Bertz CT molecular complexity index is 716. The molecular formula is C18H20FN3O. The average molecular weight is 313 g/mol. The molecule has 1 aromatic carbocycles. The summed E-state index contributed by atoms with van der Waals surface area (Å²) in [6.07, 6.45) is 7.64. The van der Waals surface area contributed by atoms with E-state index in [1.165, 1.54) is 18.5 Å². The van der Waals surface area contributed by atoms with E-state index in [-0.39, 0.29) is 11.4 Å². The first-order valence-electron chi connectivity index (χ1n) is 7.90. The summed E-state index contributed by atoms with van der Waals surface area (Å²) in [5, 5.41) is 0. The summed E-state index contributed by atoms with van der Waals surface area (Å²) in [6, 6.07) is 8.10. The van der Waals surface area contributed by atoms with E-state index in [0.717, 1.165) is 43.7 Å². The zero-order valence-corrected chi connectivity index (χ0v) is 12.9. The average Bonchev–Trinajstić information content (AvgIpc) is 2.57. The molecule has 0 bridgehead atoms. The van der Waals surface area contributed by atoms with E-state index in [1.54, 1.807) is 18.2 Å². The third-order valence-electron chi connectivity index (χ3n) is 4.25. The van der Waals surface area contributed by atoms with E-state index in [4.69, 9.17) is 0 Å². The molecule has 2 heterocycles. The zero-order valence-electron chi connectivity index (χ0n) is 12.9. The summed E-state index contributed by atoms with van der Waals surface area (Å²) in [5.74, 6) is 0.159. The van der Waals surface area contributed by atoms with Crippen molar-refractivity contribution in [2.45, 2.75) is 18.8 Å². The molecule has 0 amide bonds. The molecule has 1 N–H and O–H groups in total. The van der Waals surface area contributed by atoms with Crippen LogP contribution in [0.1, 0.15) is 30.0 Å². The van der Waals surface area contributed by atoms with Gasteiger partial charge in [-0.3, -0.25) is 9.69 Å². The lowest BCUT2D eigenvalue weighted by Crippen LogP contribution is -2.33. The van der Waals surface area contributed by atoms with Crippen molar-refractivity contribution in [1.82, 2.24) is 14.9 Å². The predicted molar refractivity (Wildman–Crippen MR) is 88.7 cm³/mol. The summed E-state index contributed by atoms with van der Waals surface area (Å²) in [4.78, 5) is 20.6. The molecule has 1 saturated heterocycles. The number of aromatic nitrogens is 2. The summed E-state index contributed by atoms with van der Waals surface area (Å²) in [5.41, 5.74) is 1.82. The van der Waals surface area contributed by atoms with Gasteiger partial charge in [-0.15, -0.1) is 0 Å². The highest BCUT2D eigenvalue weighted by atomic mass is 19.1. The van der Waals surface area contributed by atoms with E-state index in [1.807, 2.05) is 6.08 Å². The van der Waals surface area contributed by atoms with E-state index in [9.17, 15) is 9.18 Å². The van der Waals surface area contributed by atoms with Gasteiger partial charge in [0.2, 0.25) is 0 Å². The number of halogens is 1. The molecule has 1 aliphatic rings. The maximum atomic E-state index is 12.8. The van der Waals surface area contributed by atoms with Gasteiger partial charge in [-0.1, -0.05) is 24.3 Å². The van der Waals surface area contributed by atoms with Crippen LogP contribution < -0.4 is 5.56 Å². The van der Waals surface area contributed by atoms with Crippen LogP contribution in [0.25, 0.3) is 6.08 Å². The van der Waals surface area contributed by atoms with Gasteiger partial charge in [0.25, 0.3) is 5.56 Å². The van der Waals surface area contributed by atoms with Crippen molar-refractivity contribution in [2.24, 2.45) is 0 Å². The third-order valence-corrected chi connectivity index (χ3v) is 4.25. The molecule has 3 rings (SSSR count). The van der Waals surface area contributed by atoms with Crippen LogP contribution in [0, 0.1) is 5.82 Å². The number of piperidine rings is 1. The van der Waals surface area contributed by atoms with Crippen molar-refractivity contribution < 1.29 is 4.39 Å². The largest absolute Gasteiger partial charge is 0.313 e. The number of aromatic amines is 1. The standard InChI is InChI=1S/C18H20FN3O/c19-16-5-3-14(4-6-16)2-1-9-22-10-7-15(8-11-22)17-12-18(23)21-13-20-17/h1-6,12-13,15H,7-11H2,(H,20,21,23)/b2-1+. The van der Waals surface area contributed by atoms with Gasteiger partial charge in [0.05, 0.1) is 12.0 Å². The SMILES string of the molecule is O=c1cc(C2CCN(C/C=C/c3ccc(F)cc3)CC2)nc[nH]1. The highest BCUT2D eigenvalue weighted by molar-refractivity contribution is 5.48. The Kier molecular flexibility index (Phi) is 4.98. The Morgan fingerprint density at radius 2 is 2.00 bits per heavy atom. The Morgan fingerprint density at radius 1 is 1.26 bits per heavy atom. The summed E-state index contributed by atoms with van der Waals surface area (Å²) < 4.78 is 12.8. The van der Waals surface area contributed by atoms with Crippen LogP contribution >= 0.6 is 0 Å². The first kappa shape index (κ1) is 15.6. The maximum Gasteiger partial charge on any atom is 0.250 e. The Balaban J connectivity index is 1.49. The Labute approximate surface area is 134 Å². The second kappa shape index (κ2) is 7.33. The van der Waals surface area contributed by atoms with Gasteiger partial charge in [0.1, 0.15) is 5.82 Å². The molecule has 1 aliphatic heterocycles. The Morgan fingerprint density at radius 3 is 2.70 bits per heavy atom. The first-order chi connectivity index (χ1) is 11.2. The highest BCUT2D eigenvalue weighted by Gasteiger charge is 2.20. The van der Waals surface area contributed by atoms with Gasteiger partial charge < -0.3 is 4.98 Å². The van der Waals surface area contributed by atoms with Crippen molar-refractivity contribution in [2.75, 3.05) is 19.6 Å². The predicted octanol–water partition coefficient (Wildman–Crippen LogP) is 2.80. The van der Waals surface area contributed by atoms with Crippen LogP contribution in [0.5, 0.6) is 0 Å². The normalized spacial score (nSPS) is 16.9. The first-order valence-corrected chi connectivity index (χ1v) is 7.90. The summed E-state index contributed by atoms with van der Waals surface area (Å²) >= 11 is 0. The van der Waals surface area contributed by atoms with Crippen LogP contribution in [-0.2, 0) is 0 Å². The van der Waals surface area contributed by atoms with Crippen LogP contribution in [-0.4, -0.2) is 34.5 Å². The van der Waals surface area contributed by atoms with Gasteiger partial charge in [-0.25, -0.2) is 9.37 Å². The number of hydrogen-bond donors (Lipinski definition) is 1. The fraction of sp³-hybridized carbons (Fsp3) is 0.333. The minimum absolute atomic E-state index is 0.0836. The number of likely N-dealkylation sites (tertiary alicyclic amines) is 1. The minimum atomic E-state index is -0.211.